The van der Waals surface area contributed by atoms with Crippen LogP contribution < -0.4 is 15.2 Å². The molecule has 2 N–H and O–H groups in total. The molecule has 0 saturated heterocycles. The summed E-state index contributed by atoms with van der Waals surface area (Å²) in [7, 11) is 3.33. The fraction of sp³-hybridized carbons (Fsp3) is 0.571. The first kappa shape index (κ1) is 13.8. The Morgan fingerprint density at radius 3 is 2.35 bits per heavy atom. The lowest BCUT2D eigenvalue weighted by Gasteiger charge is -2.17. The molecule has 0 amide bonds. The van der Waals surface area contributed by atoms with E-state index in [0.29, 0.717) is 5.92 Å². The van der Waals surface area contributed by atoms with Gasteiger partial charge in [-0.3, -0.25) is 0 Å². The third-order valence-electron chi connectivity index (χ3n) is 2.89. The lowest BCUT2D eigenvalue weighted by atomic mass is 9.97. The summed E-state index contributed by atoms with van der Waals surface area (Å²) < 4.78 is 10.6. The van der Waals surface area contributed by atoms with Crippen LogP contribution in [0.3, 0.4) is 0 Å². The molecule has 96 valence electrons. The Kier molecular flexibility index (Phi) is 5.29. The van der Waals surface area contributed by atoms with Gasteiger partial charge >= 0.3 is 0 Å². The molecule has 0 bridgehead atoms. The molecule has 3 heteroatoms. The number of ether oxygens (including phenoxy) is 2. The van der Waals surface area contributed by atoms with Gasteiger partial charge in [0.05, 0.1) is 14.2 Å². The number of nitrogens with two attached hydrogens (primary N) is 1. The quantitative estimate of drug-likeness (QED) is 0.826. The van der Waals surface area contributed by atoms with Gasteiger partial charge < -0.3 is 15.2 Å². The predicted molar refractivity (Wildman–Crippen MR) is 70.5 cm³/mol. The molecule has 0 spiro atoms. The highest BCUT2D eigenvalue weighted by molar-refractivity contribution is 5.42. The van der Waals surface area contributed by atoms with E-state index in [1.807, 2.05) is 18.2 Å². The molecule has 0 fully saturated rings. The van der Waals surface area contributed by atoms with Crippen molar-refractivity contribution in [1.82, 2.24) is 0 Å². The number of methoxy groups -OCH3 is 2. The van der Waals surface area contributed by atoms with Gasteiger partial charge in [-0.25, -0.2) is 0 Å². The summed E-state index contributed by atoms with van der Waals surface area (Å²) in [5.74, 6) is 2.32. The first-order valence-electron chi connectivity index (χ1n) is 6.06. The van der Waals surface area contributed by atoms with Gasteiger partial charge in [0.15, 0.2) is 0 Å². The van der Waals surface area contributed by atoms with E-state index in [2.05, 4.69) is 13.8 Å². The molecule has 0 heterocycles. The fourth-order valence-electron chi connectivity index (χ4n) is 1.80. The van der Waals surface area contributed by atoms with Gasteiger partial charge in [-0.05, 0) is 37.0 Å². The van der Waals surface area contributed by atoms with Crippen LogP contribution in [0, 0.1) is 5.92 Å². The van der Waals surface area contributed by atoms with Crippen molar-refractivity contribution in [3.63, 3.8) is 0 Å². The molecule has 17 heavy (non-hydrogen) atoms. The summed E-state index contributed by atoms with van der Waals surface area (Å²) in [4.78, 5) is 0. The average Bonchev–Trinajstić information content (AvgIpc) is 2.34. The molecule has 0 saturated carbocycles. The smallest absolute Gasteiger partial charge is 0.123 e. The summed E-state index contributed by atoms with van der Waals surface area (Å²) in [6, 6.07) is 5.76. The van der Waals surface area contributed by atoms with E-state index in [0.717, 1.165) is 29.9 Å². The molecule has 1 aromatic carbocycles. The normalized spacial score (nSPS) is 12.6. The number of benzene rings is 1. The second kappa shape index (κ2) is 6.50. The molecule has 0 aromatic heterocycles. The van der Waals surface area contributed by atoms with Crippen molar-refractivity contribution in [3.8, 4) is 11.5 Å². The average molecular weight is 237 g/mol. The number of hydrogen-bond acceptors (Lipinski definition) is 3. The van der Waals surface area contributed by atoms with Crippen LogP contribution in [0.25, 0.3) is 0 Å². The Labute approximate surface area is 104 Å². The topological polar surface area (TPSA) is 44.5 Å². The fourth-order valence-corrected chi connectivity index (χ4v) is 1.80. The zero-order chi connectivity index (χ0) is 12.8. The largest absolute Gasteiger partial charge is 0.497 e. The van der Waals surface area contributed by atoms with E-state index in [-0.39, 0.29) is 6.04 Å². The van der Waals surface area contributed by atoms with Crippen LogP contribution in [0.1, 0.15) is 38.3 Å². The van der Waals surface area contributed by atoms with Crippen LogP contribution in [-0.2, 0) is 0 Å². The Morgan fingerprint density at radius 2 is 1.82 bits per heavy atom. The summed E-state index contributed by atoms with van der Waals surface area (Å²) in [5, 5.41) is 0. The monoisotopic (exact) mass is 237 g/mol. The molecule has 1 rings (SSSR count). The maximum atomic E-state index is 6.21. The van der Waals surface area contributed by atoms with Crippen LogP contribution in [0.5, 0.6) is 11.5 Å². The van der Waals surface area contributed by atoms with E-state index in [9.17, 15) is 0 Å². The molecule has 0 radical (unpaired) electrons. The highest BCUT2D eigenvalue weighted by Crippen LogP contribution is 2.30. The van der Waals surface area contributed by atoms with E-state index in [1.54, 1.807) is 14.2 Å². The van der Waals surface area contributed by atoms with Gasteiger partial charge in [0.2, 0.25) is 0 Å². The standard InChI is InChI=1S/C14H23NO2/c1-10(2)5-7-13(15)12-9-11(16-3)6-8-14(12)17-4/h6,8-10,13H,5,7,15H2,1-4H3/t13-/m1/s1. The molecule has 3 nitrogen and oxygen atoms in total. The maximum Gasteiger partial charge on any atom is 0.123 e. The molecule has 0 unspecified atom stereocenters. The van der Waals surface area contributed by atoms with Gasteiger partial charge in [0.25, 0.3) is 0 Å². The summed E-state index contributed by atoms with van der Waals surface area (Å²) in [6.07, 6.45) is 2.07. The van der Waals surface area contributed by atoms with Crippen molar-refractivity contribution in [2.75, 3.05) is 14.2 Å². The molecule has 1 aromatic rings. The van der Waals surface area contributed by atoms with Crippen molar-refractivity contribution in [2.24, 2.45) is 11.7 Å². The van der Waals surface area contributed by atoms with Crippen LogP contribution in [0.4, 0.5) is 0 Å². The van der Waals surface area contributed by atoms with Crippen LogP contribution >= 0.6 is 0 Å². The zero-order valence-electron chi connectivity index (χ0n) is 11.2. The highest BCUT2D eigenvalue weighted by Gasteiger charge is 2.13. The second-order valence-corrected chi connectivity index (χ2v) is 4.69. The van der Waals surface area contributed by atoms with Gasteiger partial charge in [0, 0.05) is 11.6 Å². The van der Waals surface area contributed by atoms with Crippen molar-refractivity contribution in [2.45, 2.75) is 32.7 Å². The third kappa shape index (κ3) is 3.93. The number of rotatable bonds is 6. The van der Waals surface area contributed by atoms with Crippen LogP contribution in [0.2, 0.25) is 0 Å². The van der Waals surface area contributed by atoms with Gasteiger partial charge in [-0.15, -0.1) is 0 Å². The first-order valence-corrected chi connectivity index (χ1v) is 6.06. The lowest BCUT2D eigenvalue weighted by molar-refractivity contribution is 0.391. The maximum absolute atomic E-state index is 6.21. The molecule has 0 aliphatic carbocycles. The summed E-state index contributed by atoms with van der Waals surface area (Å²) in [6.45, 7) is 4.41. The number of hydrogen-bond donors (Lipinski definition) is 1. The van der Waals surface area contributed by atoms with Crippen molar-refractivity contribution in [1.29, 1.82) is 0 Å². The Bertz CT molecular complexity index is 350. The molecular weight excluding hydrogens is 214 g/mol. The van der Waals surface area contributed by atoms with Crippen molar-refractivity contribution in [3.05, 3.63) is 23.8 Å². The molecule has 0 aliphatic heterocycles. The summed E-state index contributed by atoms with van der Waals surface area (Å²) >= 11 is 0. The van der Waals surface area contributed by atoms with E-state index in [4.69, 9.17) is 15.2 Å². The molecule has 0 aliphatic rings. The predicted octanol–water partition coefficient (Wildman–Crippen LogP) is 3.14. The van der Waals surface area contributed by atoms with Crippen molar-refractivity contribution >= 4 is 0 Å². The summed E-state index contributed by atoms with van der Waals surface area (Å²) in [5.41, 5.74) is 7.23. The molecular formula is C14H23NO2. The zero-order valence-corrected chi connectivity index (χ0v) is 11.2. The van der Waals surface area contributed by atoms with E-state index < -0.39 is 0 Å². The third-order valence-corrected chi connectivity index (χ3v) is 2.89. The Hall–Kier alpha value is -1.22. The lowest BCUT2D eigenvalue weighted by Crippen LogP contribution is -2.12. The second-order valence-electron chi connectivity index (χ2n) is 4.69. The van der Waals surface area contributed by atoms with Crippen LogP contribution in [0.15, 0.2) is 18.2 Å². The minimum Gasteiger partial charge on any atom is -0.497 e. The van der Waals surface area contributed by atoms with Gasteiger partial charge in [-0.2, -0.15) is 0 Å². The van der Waals surface area contributed by atoms with Crippen LogP contribution in [-0.4, -0.2) is 14.2 Å². The minimum absolute atomic E-state index is 0.00227. The Balaban J connectivity index is 2.85. The Morgan fingerprint density at radius 1 is 1.12 bits per heavy atom. The van der Waals surface area contributed by atoms with Gasteiger partial charge in [-0.1, -0.05) is 13.8 Å². The van der Waals surface area contributed by atoms with E-state index in [1.165, 1.54) is 0 Å². The highest BCUT2D eigenvalue weighted by atomic mass is 16.5. The van der Waals surface area contributed by atoms with E-state index >= 15 is 0 Å². The van der Waals surface area contributed by atoms with Crippen molar-refractivity contribution < 1.29 is 9.47 Å². The molecule has 1 atom stereocenters. The first-order chi connectivity index (χ1) is 8.08. The van der Waals surface area contributed by atoms with Gasteiger partial charge in [0.1, 0.15) is 11.5 Å². The SMILES string of the molecule is COc1ccc(OC)c([C@H](N)CCC(C)C)c1. The minimum atomic E-state index is 0.00227.